The van der Waals surface area contributed by atoms with E-state index in [9.17, 15) is 14.7 Å². The maximum Gasteiger partial charge on any atom is 1.00 e. The maximum absolute atomic E-state index is 10.8. The predicted molar refractivity (Wildman–Crippen MR) is 69.8 cm³/mol. The van der Waals surface area contributed by atoms with Crippen LogP contribution in [-0.4, -0.2) is 18.4 Å². The number of hydrogen-bond donors (Lipinski definition) is 1. The number of hydrogen-bond acceptors (Lipinski definition) is 3. The molecule has 0 unspecified atom stereocenters. The van der Waals surface area contributed by atoms with Crippen molar-refractivity contribution in [2.75, 3.05) is 6.54 Å². The van der Waals surface area contributed by atoms with Crippen molar-refractivity contribution in [2.24, 2.45) is 0 Å². The summed E-state index contributed by atoms with van der Waals surface area (Å²) in [4.78, 5) is 21.0. The molecule has 0 aromatic heterocycles. The van der Waals surface area contributed by atoms with Gasteiger partial charge >= 0.3 is 29.6 Å². The number of amides is 1. The molecular weight excluding hydrogens is 253 g/mol. The van der Waals surface area contributed by atoms with Gasteiger partial charge in [0, 0.05) is 12.5 Å². The van der Waals surface area contributed by atoms with E-state index < -0.39 is 5.97 Å². The van der Waals surface area contributed by atoms with Gasteiger partial charge in [-0.25, -0.2) is 0 Å². The molecule has 0 radical (unpaired) electrons. The van der Waals surface area contributed by atoms with Crippen LogP contribution in [0, 0.1) is 0 Å². The molecule has 0 heterocycles. The van der Waals surface area contributed by atoms with Gasteiger partial charge in [-0.2, -0.15) is 0 Å². The molecule has 0 saturated carbocycles. The third-order valence-corrected chi connectivity index (χ3v) is 2.79. The van der Waals surface area contributed by atoms with E-state index in [4.69, 9.17) is 0 Å². The fourth-order valence-electron chi connectivity index (χ4n) is 1.74. The fraction of sp³-hybridized carbons (Fsp3) is 0.714. The summed E-state index contributed by atoms with van der Waals surface area (Å²) in [6.07, 6.45) is 9.91. The second kappa shape index (κ2) is 15.7. The summed E-state index contributed by atoms with van der Waals surface area (Å²) in [7, 11) is 0. The second-order valence-electron chi connectivity index (χ2n) is 4.45. The first-order chi connectivity index (χ1) is 8.66. The predicted octanol–water partition coefficient (Wildman–Crippen LogP) is -1.45. The Kier molecular flexibility index (Phi) is 17.4. The van der Waals surface area contributed by atoms with E-state index in [-0.39, 0.29) is 41.9 Å². The quantitative estimate of drug-likeness (QED) is 0.270. The van der Waals surface area contributed by atoms with Crippen LogP contribution < -0.4 is 40.0 Å². The number of carboxylic acids is 1. The van der Waals surface area contributed by atoms with Crippen molar-refractivity contribution >= 4 is 11.9 Å². The van der Waals surface area contributed by atoms with Crippen LogP contribution in [0.15, 0.2) is 12.7 Å². The van der Waals surface area contributed by atoms with Crippen molar-refractivity contribution in [3.63, 3.8) is 0 Å². The number of rotatable bonds is 12. The molecular formula is C14H24NNaO3. The van der Waals surface area contributed by atoms with Gasteiger partial charge in [0.15, 0.2) is 0 Å². The Bertz CT molecular complexity index is 257. The molecule has 0 spiro atoms. The average molecular weight is 277 g/mol. The molecule has 0 rings (SSSR count). The molecule has 1 N–H and O–H groups in total. The van der Waals surface area contributed by atoms with Gasteiger partial charge in [-0.3, -0.25) is 4.79 Å². The van der Waals surface area contributed by atoms with Crippen LogP contribution >= 0.6 is 0 Å². The van der Waals surface area contributed by atoms with E-state index >= 15 is 0 Å². The van der Waals surface area contributed by atoms with E-state index in [1.807, 2.05) is 0 Å². The zero-order valence-corrected chi connectivity index (χ0v) is 14.1. The van der Waals surface area contributed by atoms with E-state index in [1.165, 1.54) is 18.9 Å². The van der Waals surface area contributed by atoms with Crippen LogP contribution in [0.1, 0.15) is 57.8 Å². The van der Waals surface area contributed by atoms with Gasteiger partial charge in [0.1, 0.15) is 0 Å². The number of carboxylic acid groups (broad SMARTS) is 1. The Balaban J connectivity index is 0. The molecule has 0 bridgehead atoms. The first-order valence-electron chi connectivity index (χ1n) is 6.77. The van der Waals surface area contributed by atoms with Gasteiger partial charge in [0.25, 0.3) is 0 Å². The van der Waals surface area contributed by atoms with Crippen molar-refractivity contribution in [1.29, 1.82) is 0 Å². The summed E-state index contributed by atoms with van der Waals surface area (Å²) in [5.74, 6) is -1.06. The van der Waals surface area contributed by atoms with E-state index in [0.717, 1.165) is 45.1 Å². The molecule has 0 atom stereocenters. The number of nitrogens with one attached hydrogen (secondary N) is 1. The van der Waals surface area contributed by atoms with Gasteiger partial charge in [0.2, 0.25) is 5.91 Å². The standard InChI is InChI=1S/C14H25NO3.Na/c1-2-13(16)15-12-10-8-6-4-3-5-7-9-11-14(17)18;/h2H,1,3-12H2,(H,15,16)(H,17,18);/q;+1/p-1. The van der Waals surface area contributed by atoms with Gasteiger partial charge in [-0.1, -0.05) is 45.1 Å². The van der Waals surface area contributed by atoms with Gasteiger partial charge in [0.05, 0.1) is 0 Å². The number of carbonyl (C=O) groups excluding carboxylic acids is 2. The van der Waals surface area contributed by atoms with Crippen LogP contribution in [0.25, 0.3) is 0 Å². The van der Waals surface area contributed by atoms with Crippen LogP contribution in [0.5, 0.6) is 0 Å². The van der Waals surface area contributed by atoms with Crippen molar-refractivity contribution in [3.05, 3.63) is 12.7 Å². The summed E-state index contributed by atoms with van der Waals surface area (Å²) in [6.45, 7) is 4.10. The molecule has 0 saturated heterocycles. The molecule has 5 heteroatoms. The molecule has 0 aliphatic rings. The summed E-state index contributed by atoms with van der Waals surface area (Å²) >= 11 is 0. The van der Waals surface area contributed by atoms with E-state index in [2.05, 4.69) is 11.9 Å². The summed E-state index contributed by atoms with van der Waals surface area (Å²) in [6, 6.07) is 0. The van der Waals surface area contributed by atoms with Crippen LogP contribution in [-0.2, 0) is 9.59 Å². The molecule has 0 aliphatic carbocycles. The fourth-order valence-corrected chi connectivity index (χ4v) is 1.74. The van der Waals surface area contributed by atoms with Gasteiger partial charge < -0.3 is 15.2 Å². The zero-order valence-electron chi connectivity index (χ0n) is 12.1. The zero-order chi connectivity index (χ0) is 13.6. The average Bonchev–Trinajstić information content (AvgIpc) is 2.35. The van der Waals surface area contributed by atoms with Gasteiger partial charge in [-0.15, -0.1) is 0 Å². The molecule has 4 nitrogen and oxygen atoms in total. The molecule has 19 heavy (non-hydrogen) atoms. The second-order valence-corrected chi connectivity index (χ2v) is 4.45. The topological polar surface area (TPSA) is 69.2 Å². The number of aliphatic carboxylic acids is 1. The molecule has 104 valence electrons. The Hall–Kier alpha value is -0.320. The molecule has 0 aromatic rings. The summed E-state index contributed by atoms with van der Waals surface area (Å²) < 4.78 is 0. The molecule has 1 amide bonds. The van der Waals surface area contributed by atoms with Crippen molar-refractivity contribution in [3.8, 4) is 0 Å². The monoisotopic (exact) mass is 277 g/mol. The Morgan fingerprint density at radius 1 is 0.947 bits per heavy atom. The van der Waals surface area contributed by atoms with Crippen molar-refractivity contribution in [2.45, 2.75) is 57.8 Å². The molecule has 0 aromatic carbocycles. The van der Waals surface area contributed by atoms with E-state index in [1.54, 1.807) is 0 Å². The number of carbonyl (C=O) groups is 2. The SMILES string of the molecule is C=CC(=O)NCCCCCCCCCCC(=O)[O-].[Na+]. The minimum absolute atomic E-state index is 0. The maximum atomic E-state index is 10.8. The Morgan fingerprint density at radius 3 is 1.89 bits per heavy atom. The first kappa shape index (κ1) is 21.0. The molecule has 0 fully saturated rings. The summed E-state index contributed by atoms with van der Waals surface area (Å²) in [5, 5.41) is 12.9. The van der Waals surface area contributed by atoms with Crippen LogP contribution in [0.2, 0.25) is 0 Å². The van der Waals surface area contributed by atoms with Gasteiger partial charge in [-0.05, 0) is 25.3 Å². The van der Waals surface area contributed by atoms with Crippen LogP contribution in [0.3, 0.4) is 0 Å². The Morgan fingerprint density at radius 2 is 1.42 bits per heavy atom. The smallest absolute Gasteiger partial charge is 0.550 e. The minimum Gasteiger partial charge on any atom is -0.550 e. The number of unbranched alkanes of at least 4 members (excludes halogenated alkanes) is 7. The van der Waals surface area contributed by atoms with Crippen LogP contribution in [0.4, 0.5) is 0 Å². The minimum atomic E-state index is -0.948. The summed E-state index contributed by atoms with van der Waals surface area (Å²) in [5.41, 5.74) is 0. The van der Waals surface area contributed by atoms with E-state index in [0.29, 0.717) is 0 Å². The largest absolute Gasteiger partial charge is 1.00 e. The third kappa shape index (κ3) is 17.7. The molecule has 0 aliphatic heterocycles. The first-order valence-corrected chi connectivity index (χ1v) is 6.77. The third-order valence-electron chi connectivity index (χ3n) is 2.79. The van der Waals surface area contributed by atoms with Crippen molar-refractivity contribution in [1.82, 2.24) is 5.32 Å². The van der Waals surface area contributed by atoms with Crippen molar-refractivity contribution < 1.29 is 44.3 Å². The normalized spacial score (nSPS) is 9.47. The Labute approximate surface area is 138 Å².